The lowest BCUT2D eigenvalue weighted by molar-refractivity contribution is 0.628. The summed E-state index contributed by atoms with van der Waals surface area (Å²) in [5.74, 6) is -0.313. The van der Waals surface area contributed by atoms with Crippen molar-refractivity contribution in [3.63, 3.8) is 0 Å². The van der Waals surface area contributed by atoms with E-state index >= 15 is 0 Å². The molecule has 2 heterocycles. The highest BCUT2D eigenvalue weighted by molar-refractivity contribution is 7.19. The van der Waals surface area contributed by atoms with Crippen molar-refractivity contribution in [2.24, 2.45) is 0 Å². The van der Waals surface area contributed by atoms with E-state index in [0.717, 1.165) is 10.4 Å². The van der Waals surface area contributed by atoms with E-state index in [1.807, 2.05) is 6.92 Å². The summed E-state index contributed by atoms with van der Waals surface area (Å²) in [5, 5.41) is 0.533. The first-order valence-corrected chi connectivity index (χ1v) is 6.21. The van der Waals surface area contributed by atoms with Crippen LogP contribution >= 0.6 is 11.3 Å². The lowest BCUT2D eigenvalue weighted by Gasteiger charge is -2.01. The zero-order chi connectivity index (χ0) is 12.7. The van der Waals surface area contributed by atoms with Gasteiger partial charge in [-0.25, -0.2) is 9.37 Å². The summed E-state index contributed by atoms with van der Waals surface area (Å²) < 4.78 is 13.3. The molecule has 1 N–H and O–H groups in total. The third-order valence-corrected chi connectivity index (χ3v) is 3.80. The van der Waals surface area contributed by atoms with Crippen molar-refractivity contribution < 1.29 is 4.39 Å². The van der Waals surface area contributed by atoms with Crippen molar-refractivity contribution in [2.75, 3.05) is 0 Å². The van der Waals surface area contributed by atoms with Crippen LogP contribution in [-0.2, 0) is 0 Å². The van der Waals surface area contributed by atoms with Gasteiger partial charge in [-0.05, 0) is 24.6 Å². The Hall–Kier alpha value is -2.01. The molecule has 5 heteroatoms. The molecule has 1 aromatic carbocycles. The van der Waals surface area contributed by atoms with E-state index < -0.39 is 0 Å². The molecular weight excluding hydrogens is 251 g/mol. The van der Waals surface area contributed by atoms with Crippen molar-refractivity contribution in [1.82, 2.24) is 9.97 Å². The summed E-state index contributed by atoms with van der Waals surface area (Å²) in [5.41, 5.74) is 1.28. The Morgan fingerprint density at radius 3 is 3.00 bits per heavy atom. The maximum atomic E-state index is 13.3. The first-order chi connectivity index (χ1) is 8.66. The summed E-state index contributed by atoms with van der Waals surface area (Å²) in [7, 11) is 0. The molecular formula is C13H9FN2OS. The third kappa shape index (κ3) is 1.64. The highest BCUT2D eigenvalue weighted by Gasteiger charge is 2.15. The Morgan fingerprint density at radius 1 is 1.39 bits per heavy atom. The van der Waals surface area contributed by atoms with E-state index in [9.17, 15) is 9.18 Å². The Balaban J connectivity index is 2.42. The van der Waals surface area contributed by atoms with Crippen LogP contribution in [0.25, 0.3) is 21.3 Å². The number of H-pyrrole nitrogens is 1. The van der Waals surface area contributed by atoms with Gasteiger partial charge in [0.05, 0.1) is 11.7 Å². The van der Waals surface area contributed by atoms with Gasteiger partial charge in [0, 0.05) is 10.4 Å². The second kappa shape index (κ2) is 4.03. The van der Waals surface area contributed by atoms with E-state index in [1.165, 1.54) is 29.8 Å². The number of nitrogens with one attached hydrogen (secondary N) is 1. The quantitative estimate of drug-likeness (QED) is 0.730. The van der Waals surface area contributed by atoms with Crippen LogP contribution in [0.4, 0.5) is 4.39 Å². The molecule has 0 atom stereocenters. The third-order valence-electron chi connectivity index (χ3n) is 2.78. The first kappa shape index (κ1) is 11.1. The van der Waals surface area contributed by atoms with Gasteiger partial charge in [0.15, 0.2) is 0 Å². The zero-order valence-electron chi connectivity index (χ0n) is 9.53. The normalized spacial score (nSPS) is 11.0. The molecule has 0 bridgehead atoms. The van der Waals surface area contributed by atoms with Gasteiger partial charge in [-0.15, -0.1) is 11.3 Å². The van der Waals surface area contributed by atoms with Gasteiger partial charge in [0.25, 0.3) is 5.56 Å². The molecule has 0 radical (unpaired) electrons. The molecule has 2 aromatic heterocycles. The van der Waals surface area contributed by atoms with E-state index in [-0.39, 0.29) is 11.4 Å². The second-order valence-electron chi connectivity index (χ2n) is 3.96. The van der Waals surface area contributed by atoms with Gasteiger partial charge >= 0.3 is 0 Å². The van der Waals surface area contributed by atoms with Gasteiger partial charge in [-0.3, -0.25) is 4.79 Å². The zero-order valence-corrected chi connectivity index (χ0v) is 10.3. The number of hydrogen-bond acceptors (Lipinski definition) is 3. The molecule has 90 valence electrons. The molecule has 0 aliphatic carbocycles. The summed E-state index contributed by atoms with van der Waals surface area (Å²) >= 11 is 1.44. The minimum atomic E-state index is -0.313. The molecule has 0 fully saturated rings. The minimum absolute atomic E-state index is 0.191. The summed E-state index contributed by atoms with van der Waals surface area (Å²) in [6, 6.07) is 6.25. The molecule has 18 heavy (non-hydrogen) atoms. The number of nitrogens with zero attached hydrogens (tertiary/aromatic N) is 1. The van der Waals surface area contributed by atoms with E-state index in [0.29, 0.717) is 15.8 Å². The van der Waals surface area contributed by atoms with Gasteiger partial charge in [-0.2, -0.15) is 0 Å². The second-order valence-corrected chi connectivity index (χ2v) is 5.16. The monoisotopic (exact) mass is 260 g/mol. The Labute approximate surface area is 106 Å². The number of benzene rings is 1. The molecule has 3 rings (SSSR count). The lowest BCUT2D eigenvalue weighted by atomic mass is 10.0. The van der Waals surface area contributed by atoms with Crippen LogP contribution in [0, 0.1) is 12.7 Å². The van der Waals surface area contributed by atoms with Crippen molar-refractivity contribution in [3.05, 3.63) is 51.6 Å². The number of aromatic nitrogens is 2. The van der Waals surface area contributed by atoms with Crippen LogP contribution in [0.15, 0.2) is 35.4 Å². The lowest BCUT2D eigenvalue weighted by Crippen LogP contribution is -2.05. The number of fused-ring (bicyclic) bond motifs is 1. The highest BCUT2D eigenvalue weighted by Crippen LogP contribution is 2.35. The molecule has 0 saturated heterocycles. The molecule has 0 unspecified atom stereocenters. The van der Waals surface area contributed by atoms with Crippen molar-refractivity contribution in [2.45, 2.75) is 6.92 Å². The molecule has 0 amide bonds. The average molecular weight is 260 g/mol. The van der Waals surface area contributed by atoms with Crippen molar-refractivity contribution in [3.8, 4) is 11.1 Å². The molecule has 0 aliphatic rings. The predicted molar refractivity (Wildman–Crippen MR) is 70.4 cm³/mol. The number of aryl methyl sites for hydroxylation is 1. The van der Waals surface area contributed by atoms with Crippen LogP contribution in [0.3, 0.4) is 0 Å². The molecule has 3 aromatic rings. The molecule has 0 spiro atoms. The van der Waals surface area contributed by atoms with Gasteiger partial charge in [-0.1, -0.05) is 12.1 Å². The van der Waals surface area contributed by atoms with Crippen LogP contribution < -0.4 is 5.56 Å². The Morgan fingerprint density at radius 2 is 2.22 bits per heavy atom. The predicted octanol–water partition coefficient (Wildman–Crippen LogP) is 3.10. The van der Waals surface area contributed by atoms with Crippen LogP contribution in [0.5, 0.6) is 0 Å². The fourth-order valence-electron chi connectivity index (χ4n) is 2.04. The van der Waals surface area contributed by atoms with E-state index in [2.05, 4.69) is 9.97 Å². The highest BCUT2D eigenvalue weighted by atomic mass is 32.1. The average Bonchev–Trinajstić information content (AvgIpc) is 2.67. The maximum Gasteiger partial charge on any atom is 0.260 e. The first-order valence-electron chi connectivity index (χ1n) is 5.39. The van der Waals surface area contributed by atoms with Crippen molar-refractivity contribution in [1.29, 1.82) is 0 Å². The Kier molecular flexibility index (Phi) is 2.48. The number of rotatable bonds is 1. The number of thiophene rings is 1. The van der Waals surface area contributed by atoms with Crippen LogP contribution in [0.1, 0.15) is 4.88 Å². The van der Waals surface area contributed by atoms with E-state index in [4.69, 9.17) is 0 Å². The maximum absolute atomic E-state index is 13.3. The SMILES string of the molecule is Cc1sc2nc[nH]c(=O)c2c1-c1cccc(F)c1. The van der Waals surface area contributed by atoms with Crippen LogP contribution in [0.2, 0.25) is 0 Å². The van der Waals surface area contributed by atoms with E-state index in [1.54, 1.807) is 12.1 Å². The van der Waals surface area contributed by atoms with Gasteiger partial charge < -0.3 is 4.98 Å². The van der Waals surface area contributed by atoms with Gasteiger partial charge in [0.1, 0.15) is 10.6 Å². The minimum Gasteiger partial charge on any atom is -0.313 e. The summed E-state index contributed by atoms with van der Waals surface area (Å²) in [6.07, 6.45) is 1.38. The number of halogens is 1. The summed E-state index contributed by atoms with van der Waals surface area (Å²) in [6.45, 7) is 1.91. The molecule has 0 saturated carbocycles. The van der Waals surface area contributed by atoms with Crippen molar-refractivity contribution >= 4 is 21.6 Å². The topological polar surface area (TPSA) is 45.8 Å². The van der Waals surface area contributed by atoms with Gasteiger partial charge in [0.2, 0.25) is 0 Å². The fraction of sp³-hybridized carbons (Fsp3) is 0.0769. The number of hydrogen-bond donors (Lipinski definition) is 1. The Bertz CT molecular complexity index is 791. The molecule has 3 nitrogen and oxygen atoms in total. The number of aromatic amines is 1. The largest absolute Gasteiger partial charge is 0.313 e. The standard InChI is InChI=1S/C13H9FN2OS/c1-7-10(8-3-2-4-9(14)5-8)11-12(17)15-6-16-13(11)18-7/h2-6H,1H3,(H,15,16,17). The van der Waals surface area contributed by atoms with Crippen LogP contribution in [-0.4, -0.2) is 9.97 Å². The molecule has 0 aliphatic heterocycles. The fourth-order valence-corrected chi connectivity index (χ4v) is 3.06. The summed E-state index contributed by atoms with van der Waals surface area (Å²) in [4.78, 5) is 20.2. The smallest absolute Gasteiger partial charge is 0.260 e.